The molecule has 0 radical (unpaired) electrons. The summed E-state index contributed by atoms with van der Waals surface area (Å²) in [6, 6.07) is 5.43. The molecule has 0 amide bonds. The Kier molecular flexibility index (Phi) is 4.63. The van der Waals surface area contributed by atoms with E-state index < -0.39 is 0 Å². The van der Waals surface area contributed by atoms with Gasteiger partial charge in [-0.05, 0) is 50.4 Å². The molecule has 116 valence electrons. The first-order valence-corrected chi connectivity index (χ1v) is 8.37. The molecule has 1 N–H and O–H groups in total. The van der Waals surface area contributed by atoms with Gasteiger partial charge in [-0.25, -0.2) is 0 Å². The highest BCUT2D eigenvalue weighted by atomic mass is 15.3. The molecule has 2 saturated heterocycles. The van der Waals surface area contributed by atoms with Gasteiger partial charge in [0, 0.05) is 45.3 Å². The Bertz CT molecular complexity index is 460. The normalized spacial score (nSPS) is 24.6. The van der Waals surface area contributed by atoms with Crippen LogP contribution < -0.4 is 5.32 Å². The van der Waals surface area contributed by atoms with Crippen LogP contribution in [-0.4, -0.2) is 55.1 Å². The maximum Gasteiger partial charge on any atom is 0.0240 e. The number of aryl methyl sites for hydroxylation is 3. The molecule has 3 heteroatoms. The summed E-state index contributed by atoms with van der Waals surface area (Å²) in [6.45, 7) is 15.1. The Morgan fingerprint density at radius 1 is 1.05 bits per heavy atom. The van der Waals surface area contributed by atoms with Crippen LogP contribution in [0.1, 0.15) is 28.7 Å². The van der Waals surface area contributed by atoms with Crippen LogP contribution in [0.4, 0.5) is 0 Å². The minimum atomic E-state index is 0.787. The molecule has 0 saturated carbocycles. The quantitative estimate of drug-likeness (QED) is 0.918. The van der Waals surface area contributed by atoms with Crippen LogP contribution in [0.25, 0.3) is 0 Å². The average Bonchev–Trinajstić information content (AvgIpc) is 2.97. The second-order valence-corrected chi connectivity index (χ2v) is 6.84. The number of piperazine rings is 1. The van der Waals surface area contributed by atoms with Crippen molar-refractivity contribution >= 4 is 0 Å². The lowest BCUT2D eigenvalue weighted by Crippen LogP contribution is -2.50. The topological polar surface area (TPSA) is 18.5 Å². The highest BCUT2D eigenvalue weighted by molar-refractivity contribution is 5.37. The number of nitrogens with zero attached hydrogens (tertiary/aromatic N) is 2. The van der Waals surface area contributed by atoms with Gasteiger partial charge in [-0.2, -0.15) is 0 Å². The van der Waals surface area contributed by atoms with E-state index in [9.17, 15) is 0 Å². The molecule has 1 aromatic rings. The molecule has 3 rings (SSSR count). The zero-order valence-electron chi connectivity index (χ0n) is 13.8. The van der Waals surface area contributed by atoms with E-state index in [1.54, 1.807) is 0 Å². The average molecular weight is 287 g/mol. The summed E-state index contributed by atoms with van der Waals surface area (Å²) >= 11 is 0. The van der Waals surface area contributed by atoms with Gasteiger partial charge in [0.25, 0.3) is 0 Å². The highest BCUT2D eigenvalue weighted by Crippen LogP contribution is 2.20. The summed E-state index contributed by atoms with van der Waals surface area (Å²) in [5.41, 5.74) is 5.83. The van der Waals surface area contributed by atoms with Crippen molar-refractivity contribution in [2.45, 2.75) is 39.8 Å². The van der Waals surface area contributed by atoms with E-state index >= 15 is 0 Å². The second-order valence-electron chi connectivity index (χ2n) is 6.84. The molecule has 1 atom stereocenters. The van der Waals surface area contributed by atoms with Gasteiger partial charge in [-0.3, -0.25) is 9.80 Å². The number of rotatable bonds is 3. The van der Waals surface area contributed by atoms with Gasteiger partial charge < -0.3 is 5.32 Å². The summed E-state index contributed by atoms with van der Waals surface area (Å²) < 4.78 is 0. The van der Waals surface area contributed by atoms with Crippen LogP contribution in [0.3, 0.4) is 0 Å². The molecule has 0 spiro atoms. The van der Waals surface area contributed by atoms with Crippen LogP contribution in [0.2, 0.25) is 0 Å². The first kappa shape index (κ1) is 15.0. The molecule has 3 nitrogen and oxygen atoms in total. The van der Waals surface area contributed by atoms with Crippen molar-refractivity contribution in [1.82, 2.24) is 15.1 Å². The lowest BCUT2D eigenvalue weighted by atomic mass is 9.99. The molecule has 2 aliphatic rings. The smallest absolute Gasteiger partial charge is 0.0240 e. The van der Waals surface area contributed by atoms with E-state index in [2.05, 4.69) is 48.0 Å². The van der Waals surface area contributed by atoms with Crippen LogP contribution in [0.5, 0.6) is 0 Å². The first-order chi connectivity index (χ1) is 10.1. The van der Waals surface area contributed by atoms with Gasteiger partial charge in [-0.1, -0.05) is 17.7 Å². The Hall–Kier alpha value is -0.900. The van der Waals surface area contributed by atoms with Gasteiger partial charge in [0.2, 0.25) is 0 Å². The highest BCUT2D eigenvalue weighted by Gasteiger charge is 2.26. The maximum atomic E-state index is 3.49. The van der Waals surface area contributed by atoms with Crippen molar-refractivity contribution in [2.75, 3.05) is 39.3 Å². The Labute approximate surface area is 129 Å². The Balaban J connectivity index is 1.58. The third-order valence-corrected chi connectivity index (χ3v) is 5.18. The number of benzene rings is 1. The van der Waals surface area contributed by atoms with Crippen molar-refractivity contribution < 1.29 is 0 Å². The van der Waals surface area contributed by atoms with Crippen molar-refractivity contribution in [1.29, 1.82) is 0 Å². The fourth-order valence-electron chi connectivity index (χ4n) is 3.92. The van der Waals surface area contributed by atoms with Gasteiger partial charge >= 0.3 is 0 Å². The standard InChI is InChI=1S/C18H29N3/c1-14-10-15(2)18(16(3)11-14)13-20-6-8-21(9-7-20)17-4-5-19-12-17/h10-11,17,19H,4-9,12-13H2,1-3H3. The van der Waals surface area contributed by atoms with Gasteiger partial charge in [-0.15, -0.1) is 0 Å². The molecule has 2 heterocycles. The number of hydrogen-bond donors (Lipinski definition) is 1. The molecule has 21 heavy (non-hydrogen) atoms. The van der Waals surface area contributed by atoms with Crippen LogP contribution >= 0.6 is 0 Å². The number of nitrogens with one attached hydrogen (secondary N) is 1. The van der Waals surface area contributed by atoms with E-state index in [4.69, 9.17) is 0 Å². The Morgan fingerprint density at radius 3 is 2.29 bits per heavy atom. The van der Waals surface area contributed by atoms with E-state index in [-0.39, 0.29) is 0 Å². The van der Waals surface area contributed by atoms with Crippen LogP contribution in [-0.2, 0) is 6.54 Å². The van der Waals surface area contributed by atoms with Gasteiger partial charge in [0.15, 0.2) is 0 Å². The monoisotopic (exact) mass is 287 g/mol. The molecule has 1 unspecified atom stereocenters. The van der Waals surface area contributed by atoms with Crippen molar-refractivity contribution in [3.63, 3.8) is 0 Å². The molecule has 1 aromatic carbocycles. The zero-order valence-corrected chi connectivity index (χ0v) is 13.8. The largest absolute Gasteiger partial charge is 0.315 e. The van der Waals surface area contributed by atoms with E-state index in [1.165, 1.54) is 67.9 Å². The maximum absolute atomic E-state index is 3.49. The minimum absolute atomic E-state index is 0.787. The lowest BCUT2D eigenvalue weighted by molar-refractivity contribution is 0.0979. The first-order valence-electron chi connectivity index (χ1n) is 8.37. The number of hydrogen-bond acceptors (Lipinski definition) is 3. The van der Waals surface area contributed by atoms with E-state index in [0.717, 1.165) is 12.6 Å². The molecule has 0 aliphatic carbocycles. The predicted molar refractivity (Wildman–Crippen MR) is 88.8 cm³/mol. The predicted octanol–water partition coefficient (Wildman–Crippen LogP) is 2.09. The summed E-state index contributed by atoms with van der Waals surface area (Å²) in [4.78, 5) is 5.31. The van der Waals surface area contributed by atoms with Crippen molar-refractivity contribution in [3.05, 3.63) is 34.4 Å². The van der Waals surface area contributed by atoms with E-state index in [0.29, 0.717) is 0 Å². The second kappa shape index (κ2) is 6.47. The van der Waals surface area contributed by atoms with Crippen molar-refractivity contribution in [2.24, 2.45) is 0 Å². The van der Waals surface area contributed by atoms with E-state index in [1.807, 2.05) is 0 Å². The molecular weight excluding hydrogens is 258 g/mol. The van der Waals surface area contributed by atoms with Crippen LogP contribution in [0, 0.1) is 20.8 Å². The summed E-state index contributed by atoms with van der Waals surface area (Å²) in [7, 11) is 0. The summed E-state index contributed by atoms with van der Waals surface area (Å²) in [6.07, 6.45) is 1.33. The van der Waals surface area contributed by atoms with Crippen molar-refractivity contribution in [3.8, 4) is 0 Å². The van der Waals surface area contributed by atoms with Gasteiger partial charge in [0.1, 0.15) is 0 Å². The molecule has 0 aromatic heterocycles. The molecular formula is C18H29N3. The lowest BCUT2D eigenvalue weighted by Gasteiger charge is -2.38. The van der Waals surface area contributed by atoms with Gasteiger partial charge in [0.05, 0.1) is 0 Å². The fraction of sp³-hybridized carbons (Fsp3) is 0.667. The SMILES string of the molecule is Cc1cc(C)c(CN2CCN(C3CCNC3)CC2)c(C)c1. The third-order valence-electron chi connectivity index (χ3n) is 5.18. The third kappa shape index (κ3) is 3.47. The molecule has 2 fully saturated rings. The Morgan fingerprint density at radius 2 is 1.71 bits per heavy atom. The summed E-state index contributed by atoms with van der Waals surface area (Å²) in [5.74, 6) is 0. The summed E-state index contributed by atoms with van der Waals surface area (Å²) in [5, 5.41) is 3.49. The fourth-order valence-corrected chi connectivity index (χ4v) is 3.92. The molecule has 2 aliphatic heterocycles. The molecule has 0 bridgehead atoms. The minimum Gasteiger partial charge on any atom is -0.315 e. The van der Waals surface area contributed by atoms with Crippen LogP contribution in [0.15, 0.2) is 12.1 Å². The zero-order chi connectivity index (χ0) is 14.8.